The molecule has 0 bridgehead atoms. The van der Waals surface area contributed by atoms with Crippen LogP contribution in [-0.4, -0.2) is 51.6 Å². The number of guanidine groups is 3. The molecule has 0 unspecified atom stereocenters. The van der Waals surface area contributed by atoms with Gasteiger partial charge in [0.2, 0.25) is 24.6 Å². The third-order valence-electron chi connectivity index (χ3n) is 14.8. The van der Waals surface area contributed by atoms with E-state index in [9.17, 15) is 0 Å². The first-order valence-electron chi connectivity index (χ1n) is 25.1. The van der Waals surface area contributed by atoms with E-state index in [0.717, 1.165) is 32.7 Å². The first kappa shape index (κ1) is 42.7. The van der Waals surface area contributed by atoms with Crippen molar-refractivity contribution in [3.05, 3.63) is 229 Å². The lowest BCUT2D eigenvalue weighted by Gasteiger charge is -2.36. The molecule has 1 aromatic heterocycles. The number of benzene rings is 9. The monoisotopic (exact) mass is 966 g/mol. The lowest BCUT2D eigenvalue weighted by molar-refractivity contribution is 0.588. The highest BCUT2D eigenvalue weighted by atomic mass is 32.2. The molecule has 0 saturated carbocycles. The number of amidine groups is 3. The molecule has 0 aliphatic carbocycles. The first-order valence-corrected chi connectivity index (χ1v) is 25.9. The summed E-state index contributed by atoms with van der Waals surface area (Å²) < 4.78 is 2.57. The second-order valence-corrected chi connectivity index (χ2v) is 21.4. The topological polar surface area (TPSA) is 82.3 Å². The van der Waals surface area contributed by atoms with E-state index < -0.39 is 0 Å². The second-order valence-electron chi connectivity index (χ2n) is 20.4. The van der Waals surface area contributed by atoms with Crippen molar-refractivity contribution < 1.29 is 0 Å². The van der Waals surface area contributed by atoms with Crippen LogP contribution in [0, 0.1) is 0 Å². The summed E-state index contributed by atoms with van der Waals surface area (Å²) in [5.74, 6) is 2.83. The van der Waals surface area contributed by atoms with Gasteiger partial charge < -0.3 is 4.57 Å². The molecule has 348 valence electrons. The third-order valence-corrected chi connectivity index (χ3v) is 16.0. The summed E-state index contributed by atoms with van der Waals surface area (Å²) in [4.78, 5) is 35.3. The van der Waals surface area contributed by atoms with Crippen LogP contribution in [0.15, 0.2) is 246 Å². The molecule has 0 radical (unpaired) electrons. The van der Waals surface area contributed by atoms with Gasteiger partial charge in [0, 0.05) is 48.5 Å². The summed E-state index contributed by atoms with van der Waals surface area (Å²) in [5, 5.41) is 2.47. The van der Waals surface area contributed by atoms with Gasteiger partial charge >= 0.3 is 0 Å². The van der Waals surface area contributed by atoms with E-state index in [1.165, 1.54) is 76.6 Å². The van der Waals surface area contributed by atoms with Gasteiger partial charge in [-0.25, -0.2) is 4.90 Å². The van der Waals surface area contributed by atoms with E-state index in [0.29, 0.717) is 35.4 Å². The number of hydrogen-bond acceptors (Lipinski definition) is 8. The highest BCUT2D eigenvalue weighted by Gasteiger charge is 2.43. The highest BCUT2D eigenvalue weighted by Crippen LogP contribution is 2.45. The van der Waals surface area contributed by atoms with Gasteiger partial charge in [0.05, 0.1) is 5.52 Å². The number of aromatic nitrogens is 1. The summed E-state index contributed by atoms with van der Waals surface area (Å²) >= 11 is 1.82. The molecule has 0 spiro atoms. The molecule has 6 heterocycles. The fourth-order valence-electron chi connectivity index (χ4n) is 11.2. The zero-order valence-electron chi connectivity index (χ0n) is 40.7. The standard InChI is InChI=1S/C64H43BN8S/c1-64(2,3)46-36-53-55-54(37-46)74-57-49(60-70-62-68-58(41-25-15-7-16-26-41)66-61-67-59(42-27-17-8-18-28-42)69-63(71-60)73(61)62)33-45(40-23-13-6-14-24-40)35-51(57)65(55)50-34-44(39-21-11-5-12-22-39)32-48-47-31-43(38-19-9-4-10-20-38)29-30-52(47)72(53)56(48)50/h4-37H,1-3H3. The maximum absolute atomic E-state index is 5.42. The van der Waals surface area contributed by atoms with Crippen molar-refractivity contribution in [3.8, 4) is 39.1 Å². The fourth-order valence-corrected chi connectivity index (χ4v) is 12.5. The van der Waals surface area contributed by atoms with Crippen molar-refractivity contribution in [2.75, 3.05) is 0 Å². The summed E-state index contributed by atoms with van der Waals surface area (Å²) in [6.45, 7) is 6.81. The fraction of sp³-hybridized carbons (Fsp3) is 0.0625. The van der Waals surface area contributed by atoms with Crippen LogP contribution in [0.2, 0.25) is 0 Å². The van der Waals surface area contributed by atoms with E-state index in [1.807, 2.05) is 72.4 Å². The first-order chi connectivity index (χ1) is 36.3. The summed E-state index contributed by atoms with van der Waals surface area (Å²) in [7, 11) is 0. The Morgan fingerprint density at radius 3 is 1.47 bits per heavy atom. The minimum Gasteiger partial charge on any atom is -0.310 e. The Morgan fingerprint density at radius 1 is 0.419 bits per heavy atom. The third kappa shape index (κ3) is 6.71. The predicted molar refractivity (Wildman–Crippen MR) is 308 cm³/mol. The lowest BCUT2D eigenvalue weighted by atomic mass is 9.35. The van der Waals surface area contributed by atoms with Crippen LogP contribution in [0.3, 0.4) is 0 Å². The van der Waals surface area contributed by atoms with Gasteiger partial charge in [-0.3, -0.25) is 0 Å². The van der Waals surface area contributed by atoms with E-state index in [-0.39, 0.29) is 12.1 Å². The molecule has 0 saturated heterocycles. The minimum atomic E-state index is -0.142. The maximum atomic E-state index is 5.42. The van der Waals surface area contributed by atoms with E-state index in [4.69, 9.17) is 30.0 Å². The van der Waals surface area contributed by atoms with Crippen molar-refractivity contribution in [2.24, 2.45) is 30.0 Å². The van der Waals surface area contributed by atoms with E-state index in [2.05, 4.69) is 171 Å². The Morgan fingerprint density at radius 2 is 0.905 bits per heavy atom. The van der Waals surface area contributed by atoms with Crippen molar-refractivity contribution >= 4 is 92.1 Å². The molecular weight excluding hydrogens is 924 g/mol. The zero-order chi connectivity index (χ0) is 49.2. The van der Waals surface area contributed by atoms with Gasteiger partial charge in [0.1, 0.15) is 0 Å². The molecule has 10 heteroatoms. The molecule has 10 aromatic rings. The molecule has 0 fully saturated rings. The van der Waals surface area contributed by atoms with E-state index >= 15 is 0 Å². The Bertz CT molecular complexity index is 4190. The quantitative estimate of drug-likeness (QED) is 0.156. The van der Waals surface area contributed by atoms with Crippen LogP contribution in [0.1, 0.15) is 43.0 Å². The number of rotatable bonds is 6. The number of aliphatic imine (C=N–C) groups is 6. The van der Waals surface area contributed by atoms with Crippen LogP contribution in [-0.2, 0) is 5.41 Å². The highest BCUT2D eigenvalue weighted by molar-refractivity contribution is 8.00. The van der Waals surface area contributed by atoms with Gasteiger partial charge in [-0.15, -0.1) is 0 Å². The molecule has 0 N–H and O–H groups in total. The summed E-state index contributed by atoms with van der Waals surface area (Å²) in [5.41, 5.74) is 18.1. The van der Waals surface area contributed by atoms with Gasteiger partial charge in [0.15, 0.2) is 17.5 Å². The SMILES string of the molecule is CC(C)(C)c1cc2c3c(c1)-n1c4ccc(-c5ccccc5)cc4c4cc(-c5ccccc5)cc(c41)B3c1cc(-c3ccccc3)cc(C3=NC4=NC(c5ccccc5)=NC5=NC(c6ccccc6)=NC(=N3)N54)c1S2. The van der Waals surface area contributed by atoms with Crippen molar-refractivity contribution in [3.63, 3.8) is 0 Å². The second kappa shape index (κ2) is 16.3. The van der Waals surface area contributed by atoms with Crippen molar-refractivity contribution in [2.45, 2.75) is 36.0 Å². The largest absolute Gasteiger partial charge is 0.310 e. The number of hydrogen-bond donors (Lipinski definition) is 0. The van der Waals surface area contributed by atoms with Crippen LogP contribution < -0.4 is 16.4 Å². The van der Waals surface area contributed by atoms with Gasteiger partial charge in [0.25, 0.3) is 0 Å². The Balaban J connectivity index is 1.03. The molecule has 8 nitrogen and oxygen atoms in total. The Labute approximate surface area is 432 Å². The molecule has 0 amide bonds. The molecule has 5 aliphatic heterocycles. The average Bonchev–Trinajstić information content (AvgIpc) is 3.80. The summed E-state index contributed by atoms with van der Waals surface area (Å²) in [6.07, 6.45) is 0. The van der Waals surface area contributed by atoms with Crippen LogP contribution >= 0.6 is 11.8 Å². The maximum Gasteiger partial charge on any atom is 0.249 e. The number of fused-ring (bicyclic) bond motifs is 7. The van der Waals surface area contributed by atoms with Gasteiger partial charge in [-0.1, -0.05) is 208 Å². The normalized spacial score (nSPS) is 15.1. The smallest absolute Gasteiger partial charge is 0.249 e. The van der Waals surface area contributed by atoms with E-state index in [1.54, 1.807) is 4.90 Å². The van der Waals surface area contributed by atoms with Crippen LogP contribution in [0.4, 0.5) is 0 Å². The predicted octanol–water partition coefficient (Wildman–Crippen LogP) is 12.4. The zero-order valence-corrected chi connectivity index (χ0v) is 41.5. The molecule has 15 rings (SSSR count). The van der Waals surface area contributed by atoms with Crippen molar-refractivity contribution in [1.29, 1.82) is 0 Å². The lowest BCUT2D eigenvalue weighted by Crippen LogP contribution is -2.59. The Kier molecular flexibility index (Phi) is 9.38. The minimum absolute atomic E-state index is 0.141. The molecule has 5 aliphatic rings. The summed E-state index contributed by atoms with van der Waals surface area (Å²) in [6, 6.07) is 73.8. The molecule has 74 heavy (non-hydrogen) atoms. The average molecular weight is 967 g/mol. The molecular formula is C64H43BN8S. The van der Waals surface area contributed by atoms with Gasteiger partial charge in [-0.2, -0.15) is 30.0 Å². The van der Waals surface area contributed by atoms with Crippen LogP contribution in [0.25, 0.3) is 60.9 Å². The van der Waals surface area contributed by atoms with Crippen molar-refractivity contribution in [1.82, 2.24) is 9.47 Å². The molecule has 0 atom stereocenters. The molecule has 9 aromatic carbocycles. The number of nitrogens with zero attached hydrogens (tertiary/aromatic N) is 8. The van der Waals surface area contributed by atoms with Gasteiger partial charge in [-0.05, 0) is 91.7 Å². The Hall–Kier alpha value is -8.99. The van der Waals surface area contributed by atoms with Crippen LogP contribution in [0.5, 0.6) is 0 Å².